The smallest absolute Gasteiger partial charge is 0.229 e. The molecule has 0 saturated heterocycles. The van der Waals surface area contributed by atoms with E-state index in [4.69, 9.17) is 5.26 Å². The van der Waals surface area contributed by atoms with Crippen LogP contribution in [0.4, 0.5) is 16.0 Å². The molecule has 26 heavy (non-hydrogen) atoms. The molecule has 0 radical (unpaired) electrons. The van der Waals surface area contributed by atoms with Crippen molar-refractivity contribution in [2.75, 3.05) is 5.32 Å². The van der Waals surface area contributed by atoms with Crippen LogP contribution in [-0.4, -0.2) is 29.5 Å². The highest BCUT2D eigenvalue weighted by molar-refractivity contribution is 5.75. The van der Waals surface area contributed by atoms with Gasteiger partial charge in [0, 0.05) is 25.0 Å². The molecule has 0 aliphatic carbocycles. The third kappa shape index (κ3) is 2.84. The molecular weight excluding hydrogens is 335 g/mol. The summed E-state index contributed by atoms with van der Waals surface area (Å²) in [4.78, 5) is 8.71. The first-order valence-corrected chi connectivity index (χ1v) is 7.76. The van der Waals surface area contributed by atoms with Gasteiger partial charge in [0.2, 0.25) is 5.95 Å². The van der Waals surface area contributed by atoms with E-state index in [9.17, 15) is 4.39 Å². The van der Waals surface area contributed by atoms with Crippen LogP contribution in [0.1, 0.15) is 11.1 Å². The number of rotatable bonds is 4. The minimum absolute atomic E-state index is 0.00696. The molecule has 4 rings (SSSR count). The van der Waals surface area contributed by atoms with Gasteiger partial charge >= 0.3 is 0 Å². The van der Waals surface area contributed by atoms with E-state index < -0.39 is 5.82 Å². The average molecular weight is 348 g/mol. The second-order valence-corrected chi connectivity index (χ2v) is 5.69. The fourth-order valence-electron chi connectivity index (χ4n) is 2.61. The second-order valence-electron chi connectivity index (χ2n) is 5.69. The lowest BCUT2D eigenvalue weighted by Crippen LogP contribution is -2.06. The Morgan fingerprint density at radius 1 is 1.23 bits per heavy atom. The molecule has 3 aromatic heterocycles. The summed E-state index contributed by atoms with van der Waals surface area (Å²) in [7, 11) is 1.81. The number of anilines is 2. The molecule has 0 bridgehead atoms. The van der Waals surface area contributed by atoms with Crippen LogP contribution >= 0.6 is 0 Å². The molecule has 0 amide bonds. The van der Waals surface area contributed by atoms with E-state index in [1.54, 1.807) is 46.3 Å². The zero-order valence-electron chi connectivity index (χ0n) is 13.8. The van der Waals surface area contributed by atoms with Crippen LogP contribution in [0.25, 0.3) is 11.0 Å². The van der Waals surface area contributed by atoms with Gasteiger partial charge in [-0.3, -0.25) is 4.68 Å². The van der Waals surface area contributed by atoms with Crippen molar-refractivity contribution >= 4 is 22.7 Å². The van der Waals surface area contributed by atoms with Crippen LogP contribution in [0.2, 0.25) is 0 Å². The van der Waals surface area contributed by atoms with E-state index in [2.05, 4.69) is 25.5 Å². The summed E-state index contributed by atoms with van der Waals surface area (Å²) >= 11 is 0. The zero-order chi connectivity index (χ0) is 18.1. The van der Waals surface area contributed by atoms with Gasteiger partial charge in [-0.05, 0) is 6.07 Å². The maximum Gasteiger partial charge on any atom is 0.229 e. The van der Waals surface area contributed by atoms with Crippen LogP contribution in [0, 0.1) is 17.1 Å². The molecule has 8 nitrogen and oxygen atoms in total. The zero-order valence-corrected chi connectivity index (χ0v) is 13.8. The summed E-state index contributed by atoms with van der Waals surface area (Å²) in [6.45, 7) is 0.161. The van der Waals surface area contributed by atoms with Crippen molar-refractivity contribution in [3.8, 4) is 6.07 Å². The fraction of sp³-hybridized carbons (Fsp3) is 0.118. The minimum Gasteiger partial charge on any atom is -0.321 e. The monoisotopic (exact) mass is 348 g/mol. The lowest BCUT2D eigenvalue weighted by molar-refractivity contribution is 0.586. The number of nitrogens with one attached hydrogen (secondary N) is 1. The largest absolute Gasteiger partial charge is 0.321 e. The highest BCUT2D eigenvalue weighted by atomic mass is 19.1. The maximum atomic E-state index is 14.3. The Hall–Kier alpha value is -3.80. The molecule has 4 aromatic rings. The summed E-state index contributed by atoms with van der Waals surface area (Å²) < 4.78 is 17.6. The molecule has 0 spiro atoms. The second kappa shape index (κ2) is 6.25. The highest BCUT2D eigenvalue weighted by Gasteiger charge is 2.12. The predicted octanol–water partition coefficient (Wildman–Crippen LogP) is 2.36. The Bertz CT molecular complexity index is 1140. The minimum atomic E-state index is -0.540. The van der Waals surface area contributed by atoms with E-state index in [-0.39, 0.29) is 12.1 Å². The highest BCUT2D eigenvalue weighted by Crippen LogP contribution is 2.18. The molecule has 3 heterocycles. The van der Waals surface area contributed by atoms with Crippen molar-refractivity contribution in [3.63, 3.8) is 0 Å². The fourth-order valence-corrected chi connectivity index (χ4v) is 2.61. The van der Waals surface area contributed by atoms with Gasteiger partial charge in [-0.1, -0.05) is 12.1 Å². The molecule has 0 aliphatic heterocycles. The Kier molecular flexibility index (Phi) is 3.78. The molecule has 0 atom stereocenters. The van der Waals surface area contributed by atoms with Crippen LogP contribution in [0.5, 0.6) is 0 Å². The first-order chi connectivity index (χ1) is 12.6. The Labute approximate surface area is 147 Å². The van der Waals surface area contributed by atoms with E-state index in [1.807, 2.05) is 13.1 Å². The average Bonchev–Trinajstić information content (AvgIpc) is 3.23. The Morgan fingerprint density at radius 2 is 2.12 bits per heavy atom. The van der Waals surface area contributed by atoms with Crippen molar-refractivity contribution < 1.29 is 4.39 Å². The third-order valence-electron chi connectivity index (χ3n) is 3.86. The molecule has 0 unspecified atom stereocenters. The van der Waals surface area contributed by atoms with E-state index in [1.165, 1.54) is 6.07 Å². The summed E-state index contributed by atoms with van der Waals surface area (Å²) in [5.41, 5.74) is 1.70. The van der Waals surface area contributed by atoms with Gasteiger partial charge in [0.15, 0.2) is 5.65 Å². The number of nitrogens with zero attached hydrogens (tertiary/aromatic N) is 7. The number of fused-ring (bicyclic) bond motifs is 1. The predicted molar refractivity (Wildman–Crippen MR) is 92.0 cm³/mol. The van der Waals surface area contributed by atoms with Crippen LogP contribution < -0.4 is 5.32 Å². The summed E-state index contributed by atoms with van der Waals surface area (Å²) in [5, 5.41) is 21.1. The van der Waals surface area contributed by atoms with E-state index in [0.717, 1.165) is 11.1 Å². The summed E-state index contributed by atoms with van der Waals surface area (Å²) in [6.07, 6.45) is 6.73. The summed E-state index contributed by atoms with van der Waals surface area (Å²) in [6, 6.07) is 6.56. The number of aryl methyl sites for hydroxylation is 1. The van der Waals surface area contributed by atoms with Gasteiger partial charge in [-0.25, -0.2) is 14.1 Å². The molecule has 128 valence electrons. The molecule has 1 N–H and O–H groups in total. The SMILES string of the molecule is Cn1cc(Nc2ncc3cnn(Cc4cccc(C#N)c4F)c3n2)cn1. The maximum absolute atomic E-state index is 14.3. The topological polar surface area (TPSA) is 97.2 Å². The molecular formula is C17H13FN8. The normalized spacial score (nSPS) is 10.8. The molecule has 1 aromatic carbocycles. The molecule has 0 aliphatic rings. The van der Waals surface area contributed by atoms with Gasteiger partial charge < -0.3 is 5.32 Å². The first kappa shape index (κ1) is 15.7. The van der Waals surface area contributed by atoms with Gasteiger partial charge in [0.1, 0.15) is 11.9 Å². The quantitative estimate of drug-likeness (QED) is 0.608. The van der Waals surface area contributed by atoms with Gasteiger partial charge in [0.25, 0.3) is 0 Å². The van der Waals surface area contributed by atoms with Crippen molar-refractivity contribution in [2.24, 2.45) is 7.05 Å². The number of hydrogen-bond acceptors (Lipinski definition) is 6. The van der Waals surface area contributed by atoms with Crippen LogP contribution in [0.15, 0.2) is 43.0 Å². The van der Waals surface area contributed by atoms with Gasteiger partial charge in [-0.15, -0.1) is 0 Å². The van der Waals surface area contributed by atoms with E-state index in [0.29, 0.717) is 17.2 Å². The number of hydrogen-bond donors (Lipinski definition) is 1. The Balaban J connectivity index is 1.68. The van der Waals surface area contributed by atoms with Crippen molar-refractivity contribution in [1.29, 1.82) is 5.26 Å². The standard InChI is InChI=1S/C17H13FN8/c1-25-10-14(8-21-25)23-17-20-6-13-7-22-26(16(13)24-17)9-12-4-2-3-11(5-19)15(12)18/h2-4,6-8,10H,9H2,1H3,(H,20,23,24). The van der Waals surface area contributed by atoms with Crippen molar-refractivity contribution in [3.05, 3.63) is 59.9 Å². The lowest BCUT2D eigenvalue weighted by Gasteiger charge is -2.07. The van der Waals surface area contributed by atoms with Crippen LogP contribution in [0.3, 0.4) is 0 Å². The number of aromatic nitrogens is 6. The van der Waals surface area contributed by atoms with E-state index >= 15 is 0 Å². The molecule has 0 fully saturated rings. The molecule has 9 heteroatoms. The first-order valence-electron chi connectivity index (χ1n) is 7.76. The van der Waals surface area contributed by atoms with Crippen LogP contribution in [-0.2, 0) is 13.6 Å². The van der Waals surface area contributed by atoms with Crippen molar-refractivity contribution in [2.45, 2.75) is 6.54 Å². The molecule has 0 saturated carbocycles. The lowest BCUT2D eigenvalue weighted by atomic mass is 10.1. The number of halogens is 1. The van der Waals surface area contributed by atoms with Gasteiger partial charge in [-0.2, -0.15) is 20.4 Å². The van der Waals surface area contributed by atoms with Gasteiger partial charge in [0.05, 0.1) is 35.6 Å². The number of benzene rings is 1. The summed E-state index contributed by atoms with van der Waals surface area (Å²) in [5.74, 6) is -0.153. The number of nitriles is 1. The van der Waals surface area contributed by atoms with Crippen molar-refractivity contribution in [1.82, 2.24) is 29.5 Å². The third-order valence-corrected chi connectivity index (χ3v) is 3.86. The Morgan fingerprint density at radius 3 is 2.88 bits per heavy atom.